The summed E-state index contributed by atoms with van der Waals surface area (Å²) in [6.45, 7) is 7.46. The number of carbonyl (C=O) groups excluding carboxylic acids is 1. The zero-order valence-electron chi connectivity index (χ0n) is 14.4. The van der Waals surface area contributed by atoms with Crippen LogP contribution in [-0.4, -0.2) is 57.4 Å². The molecule has 4 N–H and O–H groups in total. The van der Waals surface area contributed by atoms with Gasteiger partial charge < -0.3 is 25.2 Å². The lowest BCUT2D eigenvalue weighted by Gasteiger charge is -2.22. The molecule has 22 heavy (non-hydrogen) atoms. The van der Waals surface area contributed by atoms with Crippen LogP contribution in [0.25, 0.3) is 0 Å². The maximum absolute atomic E-state index is 10.3. The third-order valence-electron chi connectivity index (χ3n) is 3.12. The fraction of sp³-hybridized carbons (Fsp3) is 0.938. The van der Waals surface area contributed by atoms with E-state index in [0.29, 0.717) is 19.4 Å². The van der Waals surface area contributed by atoms with Gasteiger partial charge >= 0.3 is 5.97 Å². The number of carbonyl (C=O) groups is 1. The summed E-state index contributed by atoms with van der Waals surface area (Å²) >= 11 is 0. The van der Waals surface area contributed by atoms with Crippen LogP contribution in [0.5, 0.6) is 0 Å². The lowest BCUT2D eigenvalue weighted by Crippen LogP contribution is -2.37. The molecule has 0 aromatic carbocycles. The standard InChI is InChI=1S/C11H24O3.C5H10O3/c1-3-5-7-9(12)11(14)10(13)8-6-4-2;1-3-8-5(7)4(2)6/h9-14H,3-8H2,1-2H3;4,6H,3H2,1-2H3. The van der Waals surface area contributed by atoms with Crippen molar-refractivity contribution in [2.24, 2.45) is 0 Å². The summed E-state index contributed by atoms with van der Waals surface area (Å²) in [5.41, 5.74) is 0. The maximum Gasteiger partial charge on any atom is 0.334 e. The van der Waals surface area contributed by atoms with Crippen molar-refractivity contribution in [2.75, 3.05) is 6.61 Å². The molecule has 0 fully saturated rings. The number of aliphatic hydroxyl groups excluding tert-OH is 4. The van der Waals surface area contributed by atoms with E-state index in [-0.39, 0.29) is 0 Å². The number of ether oxygens (including phenoxy) is 1. The molecule has 6 heteroatoms. The van der Waals surface area contributed by atoms with Gasteiger partial charge in [0, 0.05) is 0 Å². The number of unbranched alkanes of at least 4 members (excludes halogenated alkanes) is 2. The molecule has 3 atom stereocenters. The van der Waals surface area contributed by atoms with Gasteiger partial charge in [0.1, 0.15) is 12.2 Å². The van der Waals surface area contributed by atoms with Crippen molar-refractivity contribution in [1.82, 2.24) is 0 Å². The second-order valence-electron chi connectivity index (χ2n) is 5.34. The fourth-order valence-corrected chi connectivity index (χ4v) is 1.69. The summed E-state index contributed by atoms with van der Waals surface area (Å²) in [4.78, 5) is 10.3. The number of hydrogen-bond acceptors (Lipinski definition) is 6. The molecule has 0 spiro atoms. The Morgan fingerprint density at radius 2 is 1.32 bits per heavy atom. The molecule has 0 saturated heterocycles. The molecule has 0 rings (SSSR count). The first-order valence-corrected chi connectivity index (χ1v) is 8.20. The van der Waals surface area contributed by atoms with Gasteiger partial charge in [-0.15, -0.1) is 0 Å². The maximum atomic E-state index is 10.3. The number of rotatable bonds is 10. The van der Waals surface area contributed by atoms with Crippen molar-refractivity contribution >= 4 is 5.97 Å². The van der Waals surface area contributed by atoms with Crippen LogP contribution in [0, 0.1) is 0 Å². The molecule has 134 valence electrons. The Kier molecular flexibility index (Phi) is 16.3. The van der Waals surface area contributed by atoms with Gasteiger partial charge in [0.05, 0.1) is 18.8 Å². The molecule has 0 heterocycles. The Balaban J connectivity index is 0. The van der Waals surface area contributed by atoms with Gasteiger partial charge in [-0.1, -0.05) is 39.5 Å². The second kappa shape index (κ2) is 15.2. The van der Waals surface area contributed by atoms with Gasteiger partial charge in [-0.3, -0.25) is 0 Å². The van der Waals surface area contributed by atoms with Crippen molar-refractivity contribution in [3.05, 3.63) is 0 Å². The number of hydrogen-bond donors (Lipinski definition) is 4. The summed E-state index contributed by atoms with van der Waals surface area (Å²) in [7, 11) is 0. The van der Waals surface area contributed by atoms with Crippen molar-refractivity contribution in [3.8, 4) is 0 Å². The largest absolute Gasteiger partial charge is 0.464 e. The molecular formula is C16H34O6. The highest BCUT2D eigenvalue weighted by molar-refractivity contribution is 5.73. The molecule has 0 aliphatic carbocycles. The summed E-state index contributed by atoms with van der Waals surface area (Å²) in [5, 5.41) is 37.0. The molecule has 0 radical (unpaired) electrons. The van der Waals surface area contributed by atoms with Crippen LogP contribution < -0.4 is 0 Å². The van der Waals surface area contributed by atoms with E-state index in [1.807, 2.05) is 13.8 Å². The van der Waals surface area contributed by atoms with Gasteiger partial charge in [0.2, 0.25) is 0 Å². The second-order valence-corrected chi connectivity index (χ2v) is 5.34. The highest BCUT2D eigenvalue weighted by Gasteiger charge is 2.23. The minimum atomic E-state index is -0.991. The minimum Gasteiger partial charge on any atom is -0.464 e. The van der Waals surface area contributed by atoms with Crippen molar-refractivity contribution in [2.45, 2.75) is 90.6 Å². The van der Waals surface area contributed by atoms with Crippen molar-refractivity contribution < 1.29 is 30.0 Å². The fourth-order valence-electron chi connectivity index (χ4n) is 1.69. The molecule has 0 aromatic rings. The van der Waals surface area contributed by atoms with Gasteiger partial charge in [0.15, 0.2) is 0 Å². The van der Waals surface area contributed by atoms with E-state index in [0.717, 1.165) is 25.7 Å². The van der Waals surface area contributed by atoms with Gasteiger partial charge in [-0.25, -0.2) is 4.79 Å². The predicted molar refractivity (Wildman–Crippen MR) is 85.4 cm³/mol. The van der Waals surface area contributed by atoms with E-state index in [4.69, 9.17) is 5.11 Å². The van der Waals surface area contributed by atoms with Crippen molar-refractivity contribution in [1.29, 1.82) is 0 Å². The van der Waals surface area contributed by atoms with Crippen LogP contribution in [0.1, 0.15) is 66.2 Å². The minimum absolute atomic E-state index is 0.323. The normalized spacial score (nSPS) is 16.0. The van der Waals surface area contributed by atoms with Crippen LogP contribution in [0.4, 0.5) is 0 Å². The molecular weight excluding hydrogens is 288 g/mol. The molecule has 0 bridgehead atoms. The SMILES string of the molecule is CCCCC(O)C(O)C(O)CCCC.CCOC(=O)C(C)O. The van der Waals surface area contributed by atoms with Crippen LogP contribution >= 0.6 is 0 Å². The van der Waals surface area contributed by atoms with E-state index < -0.39 is 30.4 Å². The Bertz CT molecular complexity index is 243. The Labute approximate surface area is 134 Å². The first-order valence-electron chi connectivity index (χ1n) is 8.20. The smallest absolute Gasteiger partial charge is 0.334 e. The summed E-state index contributed by atoms with van der Waals surface area (Å²) < 4.78 is 4.41. The predicted octanol–water partition coefficient (Wildman–Crippen LogP) is 1.38. The highest BCUT2D eigenvalue weighted by atomic mass is 16.5. The van der Waals surface area contributed by atoms with Gasteiger partial charge in [-0.2, -0.15) is 0 Å². The molecule has 0 aliphatic rings. The Hall–Kier alpha value is -0.690. The van der Waals surface area contributed by atoms with Crippen molar-refractivity contribution in [3.63, 3.8) is 0 Å². The Morgan fingerprint density at radius 1 is 0.909 bits per heavy atom. The van der Waals surface area contributed by atoms with Gasteiger partial charge in [0.25, 0.3) is 0 Å². The first-order chi connectivity index (χ1) is 10.3. The van der Waals surface area contributed by atoms with Crippen LogP contribution in [-0.2, 0) is 9.53 Å². The Morgan fingerprint density at radius 3 is 1.55 bits per heavy atom. The highest BCUT2D eigenvalue weighted by Crippen LogP contribution is 2.12. The monoisotopic (exact) mass is 322 g/mol. The molecule has 3 unspecified atom stereocenters. The zero-order valence-corrected chi connectivity index (χ0v) is 14.4. The molecule has 0 aliphatic heterocycles. The molecule has 6 nitrogen and oxygen atoms in total. The lowest BCUT2D eigenvalue weighted by atomic mass is 9.99. The van der Waals surface area contributed by atoms with E-state index >= 15 is 0 Å². The first kappa shape index (κ1) is 23.6. The summed E-state index contributed by atoms with van der Waals surface area (Å²) in [6.07, 6.45) is 1.38. The summed E-state index contributed by atoms with van der Waals surface area (Å²) in [6, 6.07) is 0. The number of aliphatic hydroxyl groups is 4. The molecule has 0 aromatic heterocycles. The van der Waals surface area contributed by atoms with E-state index in [9.17, 15) is 20.1 Å². The quantitative estimate of drug-likeness (QED) is 0.453. The molecule has 0 amide bonds. The van der Waals surface area contributed by atoms with E-state index in [1.54, 1.807) is 6.92 Å². The average molecular weight is 322 g/mol. The zero-order chi connectivity index (χ0) is 17.5. The van der Waals surface area contributed by atoms with E-state index in [1.165, 1.54) is 6.92 Å². The molecule has 0 saturated carbocycles. The average Bonchev–Trinajstić information content (AvgIpc) is 2.50. The van der Waals surface area contributed by atoms with Crippen LogP contribution in [0.3, 0.4) is 0 Å². The van der Waals surface area contributed by atoms with E-state index in [2.05, 4.69) is 4.74 Å². The van der Waals surface area contributed by atoms with Crippen LogP contribution in [0.15, 0.2) is 0 Å². The summed E-state index contributed by atoms with van der Waals surface area (Å²) in [5.74, 6) is -0.562. The number of esters is 1. The topological polar surface area (TPSA) is 107 Å². The third kappa shape index (κ3) is 13.0. The lowest BCUT2D eigenvalue weighted by molar-refractivity contribution is -0.151. The van der Waals surface area contributed by atoms with Gasteiger partial charge in [-0.05, 0) is 26.7 Å². The van der Waals surface area contributed by atoms with Crippen LogP contribution in [0.2, 0.25) is 0 Å². The third-order valence-corrected chi connectivity index (χ3v) is 3.12.